The van der Waals surface area contributed by atoms with E-state index < -0.39 is 18.1 Å². The first-order chi connectivity index (χ1) is 5.06. The minimum absolute atomic E-state index is 0.426. The van der Waals surface area contributed by atoms with Gasteiger partial charge in [0.25, 0.3) is 0 Å². The topological polar surface area (TPSA) is 37.3 Å². The Morgan fingerprint density at radius 3 is 2.45 bits per heavy atom. The molecule has 0 aromatic heterocycles. The van der Waals surface area contributed by atoms with Gasteiger partial charge in [0.2, 0.25) is 0 Å². The lowest BCUT2D eigenvalue weighted by Gasteiger charge is -2.19. The van der Waals surface area contributed by atoms with Gasteiger partial charge < -0.3 is 5.11 Å². The fourth-order valence-corrected chi connectivity index (χ4v) is 0.798. The third kappa shape index (κ3) is 2.87. The van der Waals surface area contributed by atoms with Gasteiger partial charge in [-0.1, -0.05) is 19.8 Å². The molecule has 66 valence electrons. The van der Waals surface area contributed by atoms with Crippen LogP contribution in [0.5, 0.6) is 0 Å². The standard InChI is InChI=1S/C8H15FO2/c1-3-4-5-8(2,6-9)7(10)11/h3-6H2,1-2H3,(H,10,11). The van der Waals surface area contributed by atoms with E-state index in [0.29, 0.717) is 6.42 Å². The van der Waals surface area contributed by atoms with Crippen molar-refractivity contribution in [3.8, 4) is 0 Å². The van der Waals surface area contributed by atoms with Crippen molar-refractivity contribution in [2.45, 2.75) is 33.1 Å². The molecule has 1 atom stereocenters. The summed E-state index contributed by atoms with van der Waals surface area (Å²) in [7, 11) is 0. The normalized spacial score (nSPS) is 15.9. The number of unbranched alkanes of at least 4 members (excludes halogenated alkanes) is 1. The van der Waals surface area contributed by atoms with Gasteiger partial charge in [-0.2, -0.15) is 0 Å². The summed E-state index contributed by atoms with van der Waals surface area (Å²) in [4.78, 5) is 10.5. The molecular formula is C8H15FO2. The SMILES string of the molecule is CCCCC(C)(CF)C(=O)O. The van der Waals surface area contributed by atoms with Crippen molar-refractivity contribution in [3.63, 3.8) is 0 Å². The highest BCUT2D eigenvalue weighted by Gasteiger charge is 2.32. The van der Waals surface area contributed by atoms with Crippen LogP contribution in [0.1, 0.15) is 33.1 Å². The Labute approximate surface area is 66.4 Å². The molecule has 0 fully saturated rings. The van der Waals surface area contributed by atoms with Crippen molar-refractivity contribution >= 4 is 5.97 Å². The lowest BCUT2D eigenvalue weighted by atomic mass is 9.87. The van der Waals surface area contributed by atoms with Crippen molar-refractivity contribution in [1.29, 1.82) is 0 Å². The van der Waals surface area contributed by atoms with Crippen molar-refractivity contribution in [1.82, 2.24) is 0 Å². The molecule has 0 amide bonds. The summed E-state index contributed by atoms with van der Waals surface area (Å²) in [5, 5.41) is 8.62. The van der Waals surface area contributed by atoms with E-state index in [-0.39, 0.29) is 0 Å². The van der Waals surface area contributed by atoms with Gasteiger partial charge in [-0.05, 0) is 13.3 Å². The number of aliphatic carboxylic acids is 1. The molecule has 0 aliphatic carbocycles. The largest absolute Gasteiger partial charge is 0.481 e. The zero-order chi connectivity index (χ0) is 8.91. The van der Waals surface area contributed by atoms with Gasteiger partial charge in [-0.3, -0.25) is 4.79 Å². The first-order valence-corrected chi connectivity index (χ1v) is 3.86. The first-order valence-electron chi connectivity index (χ1n) is 3.86. The van der Waals surface area contributed by atoms with E-state index in [0.717, 1.165) is 12.8 Å². The molecule has 0 heterocycles. The predicted octanol–water partition coefficient (Wildman–Crippen LogP) is 2.24. The summed E-state index contributed by atoms with van der Waals surface area (Å²) >= 11 is 0. The number of halogens is 1. The molecule has 1 unspecified atom stereocenters. The lowest BCUT2D eigenvalue weighted by molar-refractivity contribution is -0.149. The second kappa shape index (κ2) is 4.31. The van der Waals surface area contributed by atoms with Crippen LogP contribution in [0.4, 0.5) is 4.39 Å². The molecule has 3 heteroatoms. The molecule has 0 aliphatic rings. The van der Waals surface area contributed by atoms with Crippen LogP contribution in [-0.4, -0.2) is 17.8 Å². The molecule has 0 rings (SSSR count). The van der Waals surface area contributed by atoms with Gasteiger partial charge in [-0.15, -0.1) is 0 Å². The molecule has 0 aliphatic heterocycles. The number of carboxylic acids is 1. The molecule has 0 spiro atoms. The second-order valence-electron chi connectivity index (χ2n) is 3.10. The first kappa shape index (κ1) is 10.4. The Morgan fingerprint density at radius 1 is 1.64 bits per heavy atom. The number of carboxylic acid groups (broad SMARTS) is 1. The number of hydrogen-bond acceptors (Lipinski definition) is 1. The highest BCUT2D eigenvalue weighted by Crippen LogP contribution is 2.24. The van der Waals surface area contributed by atoms with Crippen molar-refractivity contribution < 1.29 is 14.3 Å². The third-order valence-electron chi connectivity index (χ3n) is 1.89. The minimum Gasteiger partial charge on any atom is -0.481 e. The van der Waals surface area contributed by atoms with Gasteiger partial charge in [-0.25, -0.2) is 4.39 Å². The van der Waals surface area contributed by atoms with Crippen LogP contribution in [-0.2, 0) is 4.79 Å². The molecular weight excluding hydrogens is 147 g/mol. The van der Waals surface area contributed by atoms with E-state index in [4.69, 9.17) is 5.11 Å². The van der Waals surface area contributed by atoms with Crippen molar-refractivity contribution in [2.75, 3.05) is 6.67 Å². The summed E-state index contributed by atoms with van der Waals surface area (Å²) < 4.78 is 12.2. The van der Waals surface area contributed by atoms with Gasteiger partial charge in [0.05, 0.1) is 5.41 Å². The molecule has 0 aromatic carbocycles. The van der Waals surface area contributed by atoms with Crippen LogP contribution < -0.4 is 0 Å². The zero-order valence-corrected chi connectivity index (χ0v) is 7.06. The monoisotopic (exact) mass is 162 g/mol. The number of rotatable bonds is 5. The molecule has 2 nitrogen and oxygen atoms in total. The Bertz CT molecular complexity index is 136. The fraction of sp³-hybridized carbons (Fsp3) is 0.875. The van der Waals surface area contributed by atoms with E-state index in [2.05, 4.69) is 0 Å². The fourth-order valence-electron chi connectivity index (χ4n) is 0.798. The molecule has 0 aromatic rings. The van der Waals surface area contributed by atoms with Gasteiger partial charge in [0.15, 0.2) is 0 Å². The van der Waals surface area contributed by atoms with E-state index in [1.54, 1.807) is 0 Å². The average molecular weight is 162 g/mol. The summed E-state index contributed by atoms with van der Waals surface area (Å²) in [5.74, 6) is -1.03. The van der Waals surface area contributed by atoms with Crippen molar-refractivity contribution in [2.24, 2.45) is 5.41 Å². The maximum absolute atomic E-state index is 12.2. The second-order valence-corrected chi connectivity index (χ2v) is 3.10. The van der Waals surface area contributed by atoms with Crippen LogP contribution in [0.2, 0.25) is 0 Å². The van der Waals surface area contributed by atoms with Crippen LogP contribution in [0.3, 0.4) is 0 Å². The average Bonchev–Trinajstić information content (AvgIpc) is 2.00. The summed E-state index contributed by atoms with van der Waals surface area (Å²) in [6.45, 7) is 2.63. The number of hydrogen-bond donors (Lipinski definition) is 1. The maximum atomic E-state index is 12.2. The summed E-state index contributed by atoms with van der Waals surface area (Å²) in [6, 6.07) is 0. The van der Waals surface area contributed by atoms with E-state index in [9.17, 15) is 9.18 Å². The Kier molecular flexibility index (Phi) is 4.08. The third-order valence-corrected chi connectivity index (χ3v) is 1.89. The zero-order valence-electron chi connectivity index (χ0n) is 7.06. The number of alkyl halides is 1. The predicted molar refractivity (Wildman–Crippen MR) is 41.2 cm³/mol. The van der Waals surface area contributed by atoms with Crippen LogP contribution in [0.25, 0.3) is 0 Å². The van der Waals surface area contributed by atoms with E-state index in [1.807, 2.05) is 6.92 Å². The maximum Gasteiger partial charge on any atom is 0.312 e. The highest BCUT2D eigenvalue weighted by atomic mass is 19.1. The molecule has 0 saturated carbocycles. The molecule has 11 heavy (non-hydrogen) atoms. The molecule has 0 bridgehead atoms. The summed E-state index contributed by atoms with van der Waals surface area (Å²) in [5.41, 5.74) is -1.16. The van der Waals surface area contributed by atoms with Crippen LogP contribution in [0, 0.1) is 5.41 Å². The lowest BCUT2D eigenvalue weighted by Crippen LogP contribution is -2.29. The van der Waals surface area contributed by atoms with Crippen molar-refractivity contribution in [3.05, 3.63) is 0 Å². The Morgan fingerprint density at radius 2 is 2.18 bits per heavy atom. The Hall–Kier alpha value is -0.600. The molecule has 0 saturated heterocycles. The number of carbonyl (C=O) groups is 1. The van der Waals surface area contributed by atoms with E-state index >= 15 is 0 Å². The highest BCUT2D eigenvalue weighted by molar-refractivity contribution is 5.74. The van der Waals surface area contributed by atoms with E-state index in [1.165, 1.54) is 6.92 Å². The van der Waals surface area contributed by atoms with Gasteiger partial charge >= 0.3 is 5.97 Å². The minimum atomic E-state index is -1.16. The quantitative estimate of drug-likeness (QED) is 0.673. The molecule has 1 N–H and O–H groups in total. The van der Waals surface area contributed by atoms with Crippen LogP contribution >= 0.6 is 0 Å². The van der Waals surface area contributed by atoms with Crippen LogP contribution in [0.15, 0.2) is 0 Å². The smallest absolute Gasteiger partial charge is 0.312 e. The molecule has 0 radical (unpaired) electrons. The van der Waals surface area contributed by atoms with Gasteiger partial charge in [0, 0.05) is 0 Å². The Balaban J connectivity index is 3.99. The summed E-state index contributed by atoms with van der Waals surface area (Å²) in [6.07, 6.45) is 2.10. The van der Waals surface area contributed by atoms with Gasteiger partial charge in [0.1, 0.15) is 6.67 Å².